The minimum absolute atomic E-state index is 0.0834. The number of nitrogens with two attached hydrogens (primary N) is 1. The number of carbonyl (C=O) groups excluding carboxylic acids is 2. The summed E-state index contributed by atoms with van der Waals surface area (Å²) in [6.45, 7) is 8.01. The second-order valence-electron chi connectivity index (χ2n) is 7.16. The molecule has 3 aromatic rings. The maximum atomic E-state index is 13.6. The lowest BCUT2D eigenvalue weighted by atomic mass is 10.0. The van der Waals surface area contributed by atoms with Gasteiger partial charge in [-0.15, -0.1) is 0 Å². The van der Waals surface area contributed by atoms with Gasteiger partial charge in [0.1, 0.15) is 11.5 Å². The van der Waals surface area contributed by atoms with Gasteiger partial charge in [0.25, 0.3) is 5.91 Å². The molecular weight excluding hydrogens is 421 g/mol. The smallest absolute Gasteiger partial charge is 0.252 e. The third-order valence-electron chi connectivity index (χ3n) is 5.19. The summed E-state index contributed by atoms with van der Waals surface area (Å²) < 4.78 is 15.2. The van der Waals surface area contributed by atoms with Gasteiger partial charge in [-0.2, -0.15) is 5.10 Å². The number of hydrogen-bond donors (Lipinski definition) is 1. The Morgan fingerprint density at radius 3 is 2.58 bits per heavy atom. The van der Waals surface area contributed by atoms with Gasteiger partial charge in [-0.25, -0.2) is 9.24 Å². The number of fused-ring (bicyclic) bond motifs is 1. The minimum atomic E-state index is -0.680. The molecule has 0 unspecified atom stereocenters. The van der Waals surface area contributed by atoms with E-state index >= 15 is 0 Å². The third kappa shape index (κ3) is 4.00. The standard InChI is InChI=1S/C22H17ClFN5O2/c1-26-15-5-2-13(3-6-15)10-19(30)28-8-9-29-18(12-28)20(22(25)31)21(27-29)14-4-7-17(24)16(23)11-14/h2-7,11H,8-10,12H2,(H2,25,31). The van der Waals surface area contributed by atoms with E-state index < -0.39 is 11.7 Å². The number of hydrogen-bond acceptors (Lipinski definition) is 3. The number of carbonyl (C=O) groups is 2. The van der Waals surface area contributed by atoms with E-state index in [0.717, 1.165) is 5.56 Å². The SMILES string of the molecule is [C-]#[N+]c1ccc(CC(=O)N2CCn3nc(-c4ccc(F)c(Cl)c4)c(C(N)=O)c3C2)cc1. The van der Waals surface area contributed by atoms with Crippen molar-refractivity contribution in [3.05, 3.63) is 81.5 Å². The van der Waals surface area contributed by atoms with Crippen LogP contribution in [0.4, 0.5) is 10.1 Å². The van der Waals surface area contributed by atoms with Crippen molar-refractivity contribution < 1.29 is 14.0 Å². The van der Waals surface area contributed by atoms with Gasteiger partial charge >= 0.3 is 0 Å². The van der Waals surface area contributed by atoms with E-state index in [0.29, 0.717) is 35.7 Å². The lowest BCUT2D eigenvalue weighted by molar-refractivity contribution is -0.132. The summed E-state index contributed by atoms with van der Waals surface area (Å²) in [6.07, 6.45) is 0.179. The molecule has 0 saturated carbocycles. The first kappa shape index (κ1) is 20.6. The zero-order valence-corrected chi connectivity index (χ0v) is 17.1. The third-order valence-corrected chi connectivity index (χ3v) is 5.48. The molecule has 2 amide bonds. The fraction of sp³-hybridized carbons (Fsp3) is 0.182. The van der Waals surface area contributed by atoms with Gasteiger partial charge in [-0.3, -0.25) is 14.3 Å². The van der Waals surface area contributed by atoms with Gasteiger partial charge < -0.3 is 10.6 Å². The molecule has 0 atom stereocenters. The Bertz CT molecular complexity index is 1230. The fourth-order valence-electron chi connectivity index (χ4n) is 3.61. The van der Waals surface area contributed by atoms with Gasteiger partial charge in [-0.1, -0.05) is 35.9 Å². The second-order valence-corrected chi connectivity index (χ2v) is 7.56. The van der Waals surface area contributed by atoms with Crippen molar-refractivity contribution in [1.82, 2.24) is 14.7 Å². The highest BCUT2D eigenvalue weighted by atomic mass is 35.5. The van der Waals surface area contributed by atoms with Crippen LogP contribution in [-0.4, -0.2) is 33.0 Å². The Morgan fingerprint density at radius 1 is 1.19 bits per heavy atom. The largest absolute Gasteiger partial charge is 0.365 e. The van der Waals surface area contributed by atoms with Crippen LogP contribution in [0.25, 0.3) is 16.1 Å². The Morgan fingerprint density at radius 2 is 1.94 bits per heavy atom. The Balaban J connectivity index is 1.61. The summed E-state index contributed by atoms with van der Waals surface area (Å²) in [5.74, 6) is -1.36. The van der Waals surface area contributed by atoms with Crippen molar-refractivity contribution in [2.45, 2.75) is 19.5 Å². The Hall–Kier alpha value is -3.70. The number of halogens is 2. The maximum Gasteiger partial charge on any atom is 0.252 e. The van der Waals surface area contributed by atoms with Crippen LogP contribution in [0.5, 0.6) is 0 Å². The minimum Gasteiger partial charge on any atom is -0.365 e. The zero-order chi connectivity index (χ0) is 22.1. The van der Waals surface area contributed by atoms with Crippen LogP contribution >= 0.6 is 11.6 Å². The van der Waals surface area contributed by atoms with E-state index in [4.69, 9.17) is 23.9 Å². The molecule has 1 aromatic heterocycles. The van der Waals surface area contributed by atoms with Crippen LogP contribution in [0.1, 0.15) is 21.6 Å². The van der Waals surface area contributed by atoms with Crippen molar-refractivity contribution in [3.8, 4) is 11.3 Å². The highest BCUT2D eigenvalue weighted by Crippen LogP contribution is 2.30. The quantitative estimate of drug-likeness (QED) is 0.633. The van der Waals surface area contributed by atoms with E-state index in [-0.39, 0.29) is 29.5 Å². The van der Waals surface area contributed by atoms with Crippen LogP contribution in [-0.2, 0) is 24.3 Å². The molecule has 31 heavy (non-hydrogen) atoms. The molecule has 1 aliphatic heterocycles. The molecule has 7 nitrogen and oxygen atoms in total. The molecule has 2 aromatic carbocycles. The molecule has 1 aliphatic rings. The van der Waals surface area contributed by atoms with Crippen LogP contribution in [0.2, 0.25) is 5.02 Å². The number of primary amides is 1. The molecule has 2 heterocycles. The highest BCUT2D eigenvalue weighted by molar-refractivity contribution is 6.31. The zero-order valence-electron chi connectivity index (χ0n) is 16.3. The summed E-state index contributed by atoms with van der Waals surface area (Å²) in [5, 5.41) is 4.40. The summed E-state index contributed by atoms with van der Waals surface area (Å²) >= 11 is 5.89. The van der Waals surface area contributed by atoms with E-state index in [2.05, 4.69) is 9.94 Å². The molecule has 0 spiro atoms. The van der Waals surface area contributed by atoms with Gasteiger partial charge in [0, 0.05) is 12.1 Å². The van der Waals surface area contributed by atoms with E-state index in [1.54, 1.807) is 33.8 Å². The number of benzene rings is 2. The average molecular weight is 438 g/mol. The molecule has 9 heteroatoms. The van der Waals surface area contributed by atoms with E-state index in [1.807, 2.05) is 0 Å². The van der Waals surface area contributed by atoms with E-state index in [9.17, 15) is 14.0 Å². The van der Waals surface area contributed by atoms with Gasteiger partial charge in [0.2, 0.25) is 5.91 Å². The van der Waals surface area contributed by atoms with Crippen LogP contribution < -0.4 is 5.73 Å². The van der Waals surface area contributed by atoms with Crippen LogP contribution in [0, 0.1) is 12.4 Å². The molecule has 2 N–H and O–H groups in total. The summed E-state index contributed by atoms with van der Waals surface area (Å²) in [7, 11) is 0. The topological polar surface area (TPSA) is 85.6 Å². The van der Waals surface area contributed by atoms with Crippen molar-refractivity contribution in [2.75, 3.05) is 6.54 Å². The molecule has 0 fully saturated rings. The number of rotatable bonds is 4. The van der Waals surface area contributed by atoms with Crippen LogP contribution in [0.15, 0.2) is 42.5 Å². The molecular formula is C22H17ClFN5O2. The predicted molar refractivity (Wildman–Crippen MR) is 113 cm³/mol. The summed E-state index contributed by atoms with van der Waals surface area (Å²) in [6, 6.07) is 10.9. The average Bonchev–Trinajstić information content (AvgIpc) is 3.15. The molecule has 0 saturated heterocycles. The molecule has 4 rings (SSSR count). The first-order chi connectivity index (χ1) is 14.9. The normalized spacial score (nSPS) is 12.9. The van der Waals surface area contributed by atoms with Crippen molar-refractivity contribution in [2.24, 2.45) is 5.73 Å². The van der Waals surface area contributed by atoms with E-state index in [1.165, 1.54) is 18.2 Å². The van der Waals surface area contributed by atoms with Crippen molar-refractivity contribution in [1.29, 1.82) is 0 Å². The van der Waals surface area contributed by atoms with Gasteiger partial charge in [0.05, 0.1) is 42.4 Å². The molecule has 0 radical (unpaired) electrons. The Labute approximate surface area is 182 Å². The highest BCUT2D eigenvalue weighted by Gasteiger charge is 2.29. The molecule has 156 valence electrons. The summed E-state index contributed by atoms with van der Waals surface area (Å²) in [4.78, 5) is 30.1. The van der Waals surface area contributed by atoms with Crippen molar-refractivity contribution >= 4 is 29.1 Å². The summed E-state index contributed by atoms with van der Waals surface area (Å²) in [5.41, 5.74) is 8.46. The maximum absolute atomic E-state index is 13.6. The molecule has 0 bridgehead atoms. The van der Waals surface area contributed by atoms with Crippen LogP contribution in [0.3, 0.4) is 0 Å². The lowest BCUT2D eigenvalue weighted by Crippen LogP contribution is -2.40. The first-order valence-corrected chi connectivity index (χ1v) is 9.84. The predicted octanol–water partition coefficient (Wildman–Crippen LogP) is 3.58. The van der Waals surface area contributed by atoms with Crippen molar-refractivity contribution in [3.63, 3.8) is 0 Å². The fourth-order valence-corrected chi connectivity index (χ4v) is 3.79. The Kier molecular flexibility index (Phi) is 5.44. The second kappa shape index (κ2) is 8.20. The number of amides is 2. The first-order valence-electron chi connectivity index (χ1n) is 9.46. The number of nitrogens with zero attached hydrogens (tertiary/aromatic N) is 4. The lowest BCUT2D eigenvalue weighted by Gasteiger charge is -2.28. The molecule has 0 aliphatic carbocycles. The van der Waals surface area contributed by atoms with Gasteiger partial charge in [0.15, 0.2) is 5.69 Å². The monoisotopic (exact) mass is 437 g/mol. The van der Waals surface area contributed by atoms with Gasteiger partial charge in [-0.05, 0) is 23.8 Å². The number of aromatic nitrogens is 2.